The summed E-state index contributed by atoms with van der Waals surface area (Å²) in [5.74, 6) is -0.915. The second kappa shape index (κ2) is 4.77. The van der Waals surface area contributed by atoms with Crippen molar-refractivity contribution < 1.29 is 9.90 Å². The first-order chi connectivity index (χ1) is 8.49. The van der Waals surface area contributed by atoms with Gasteiger partial charge in [-0.15, -0.1) is 0 Å². The quantitative estimate of drug-likeness (QED) is 0.899. The van der Waals surface area contributed by atoms with E-state index in [1.165, 1.54) is 4.57 Å². The van der Waals surface area contributed by atoms with E-state index in [0.717, 1.165) is 28.3 Å². The molecule has 0 aliphatic carbocycles. The monoisotopic (exact) mass is 267 g/mol. The van der Waals surface area contributed by atoms with E-state index in [-0.39, 0.29) is 17.8 Å². The summed E-state index contributed by atoms with van der Waals surface area (Å²) >= 11 is 1.07. The van der Waals surface area contributed by atoms with Crippen molar-refractivity contribution in [3.8, 4) is 11.3 Å². The Hall–Kier alpha value is -1.89. The van der Waals surface area contributed by atoms with Crippen molar-refractivity contribution in [2.45, 2.75) is 19.9 Å². The van der Waals surface area contributed by atoms with Gasteiger partial charge in [0, 0.05) is 30.7 Å². The Balaban J connectivity index is 2.42. The van der Waals surface area contributed by atoms with Crippen molar-refractivity contribution >= 4 is 17.3 Å². The summed E-state index contributed by atoms with van der Waals surface area (Å²) in [6.07, 6.45) is 1.76. The van der Waals surface area contributed by atoms with Crippen molar-refractivity contribution in [3.63, 3.8) is 0 Å². The molecule has 6 nitrogen and oxygen atoms in total. The SMILES string of the molecule is Cc1nn(C)cc1-c1csc(=O)n1CCC(=O)O. The molecule has 0 atom stereocenters. The van der Waals surface area contributed by atoms with Crippen LogP contribution in [0.2, 0.25) is 0 Å². The van der Waals surface area contributed by atoms with Crippen LogP contribution in [0.1, 0.15) is 12.1 Å². The minimum atomic E-state index is -0.915. The highest BCUT2D eigenvalue weighted by Crippen LogP contribution is 2.23. The maximum absolute atomic E-state index is 11.7. The smallest absolute Gasteiger partial charge is 0.307 e. The molecule has 2 heterocycles. The van der Waals surface area contributed by atoms with Crippen molar-refractivity contribution in [3.05, 3.63) is 26.9 Å². The number of carboxylic acids is 1. The van der Waals surface area contributed by atoms with Gasteiger partial charge in [0.25, 0.3) is 0 Å². The van der Waals surface area contributed by atoms with Crippen LogP contribution in [0.3, 0.4) is 0 Å². The van der Waals surface area contributed by atoms with Gasteiger partial charge in [0.05, 0.1) is 17.8 Å². The number of hydrogen-bond donors (Lipinski definition) is 1. The molecule has 1 N–H and O–H groups in total. The fraction of sp³-hybridized carbons (Fsp3) is 0.364. The largest absolute Gasteiger partial charge is 0.481 e. The maximum Gasteiger partial charge on any atom is 0.307 e. The van der Waals surface area contributed by atoms with Crippen LogP contribution in [0.25, 0.3) is 11.3 Å². The van der Waals surface area contributed by atoms with Crippen LogP contribution in [0.4, 0.5) is 0 Å². The normalized spacial score (nSPS) is 10.8. The van der Waals surface area contributed by atoms with Crippen molar-refractivity contribution in [1.82, 2.24) is 14.3 Å². The van der Waals surface area contributed by atoms with Gasteiger partial charge in [0.2, 0.25) is 0 Å². The topological polar surface area (TPSA) is 77.1 Å². The summed E-state index contributed by atoms with van der Waals surface area (Å²) in [5.41, 5.74) is 2.41. The molecule has 0 saturated heterocycles. The highest BCUT2D eigenvalue weighted by molar-refractivity contribution is 7.07. The van der Waals surface area contributed by atoms with Crippen molar-refractivity contribution in [2.75, 3.05) is 0 Å². The number of aliphatic carboxylic acids is 1. The van der Waals surface area contributed by atoms with Gasteiger partial charge in [-0.3, -0.25) is 18.8 Å². The van der Waals surface area contributed by atoms with Crippen LogP contribution in [0, 0.1) is 6.92 Å². The molecule has 0 fully saturated rings. The first kappa shape index (κ1) is 12.6. The molecule has 96 valence electrons. The molecular weight excluding hydrogens is 254 g/mol. The lowest BCUT2D eigenvalue weighted by Crippen LogP contribution is -2.16. The Morgan fingerprint density at radius 2 is 2.28 bits per heavy atom. The molecule has 18 heavy (non-hydrogen) atoms. The molecule has 2 aromatic heterocycles. The molecule has 0 spiro atoms. The van der Waals surface area contributed by atoms with Crippen LogP contribution >= 0.6 is 11.3 Å². The highest BCUT2D eigenvalue weighted by Gasteiger charge is 2.14. The highest BCUT2D eigenvalue weighted by atomic mass is 32.1. The third-order valence-corrected chi connectivity index (χ3v) is 3.38. The van der Waals surface area contributed by atoms with Gasteiger partial charge in [0.15, 0.2) is 0 Å². The number of rotatable bonds is 4. The van der Waals surface area contributed by atoms with Crippen LogP contribution in [0.5, 0.6) is 0 Å². The molecule has 0 aromatic carbocycles. The standard InChI is InChI=1S/C11H13N3O3S/c1-7-8(5-13(2)12-7)9-6-18-11(17)14(9)4-3-10(15)16/h5-6H,3-4H2,1-2H3,(H,15,16). The fourth-order valence-corrected chi connectivity index (χ4v) is 2.59. The number of thiazole rings is 1. The third kappa shape index (κ3) is 2.35. The van der Waals surface area contributed by atoms with E-state index in [9.17, 15) is 9.59 Å². The maximum atomic E-state index is 11.7. The van der Waals surface area contributed by atoms with Gasteiger partial charge >= 0.3 is 10.8 Å². The Morgan fingerprint density at radius 1 is 1.56 bits per heavy atom. The zero-order valence-corrected chi connectivity index (χ0v) is 10.9. The average molecular weight is 267 g/mol. The molecule has 7 heteroatoms. The lowest BCUT2D eigenvalue weighted by molar-refractivity contribution is -0.137. The number of aryl methyl sites for hydroxylation is 2. The molecule has 2 aromatic rings. The van der Waals surface area contributed by atoms with E-state index < -0.39 is 5.97 Å². The third-order valence-electron chi connectivity index (χ3n) is 2.62. The van der Waals surface area contributed by atoms with Gasteiger partial charge in [-0.2, -0.15) is 5.10 Å². The van der Waals surface area contributed by atoms with Crippen LogP contribution in [-0.2, 0) is 18.4 Å². The van der Waals surface area contributed by atoms with E-state index in [0.29, 0.717) is 0 Å². The molecule has 0 radical (unpaired) electrons. The lowest BCUT2D eigenvalue weighted by Gasteiger charge is -2.04. The van der Waals surface area contributed by atoms with Gasteiger partial charge in [-0.25, -0.2) is 0 Å². The summed E-state index contributed by atoms with van der Waals surface area (Å²) in [4.78, 5) is 22.2. The number of hydrogen-bond acceptors (Lipinski definition) is 4. The summed E-state index contributed by atoms with van der Waals surface area (Å²) in [7, 11) is 1.81. The Kier molecular flexibility index (Phi) is 3.33. The van der Waals surface area contributed by atoms with Gasteiger partial charge in [-0.05, 0) is 6.92 Å². The van der Waals surface area contributed by atoms with E-state index in [1.807, 2.05) is 20.2 Å². The molecule has 0 unspecified atom stereocenters. The summed E-state index contributed by atoms with van der Waals surface area (Å²) in [6.45, 7) is 2.04. The van der Waals surface area contributed by atoms with E-state index in [4.69, 9.17) is 5.11 Å². The molecule has 0 aliphatic heterocycles. The van der Waals surface area contributed by atoms with Crippen LogP contribution < -0.4 is 4.87 Å². The average Bonchev–Trinajstić information content (AvgIpc) is 2.79. The molecule has 0 aliphatic rings. The summed E-state index contributed by atoms with van der Waals surface area (Å²) in [6, 6.07) is 0. The number of carboxylic acid groups (broad SMARTS) is 1. The second-order valence-corrected chi connectivity index (χ2v) is 4.80. The number of carbonyl (C=O) groups is 1. The van der Waals surface area contributed by atoms with E-state index in [1.54, 1.807) is 10.1 Å². The summed E-state index contributed by atoms with van der Waals surface area (Å²) < 4.78 is 3.16. The predicted octanol–water partition coefficient (Wildman–Crippen LogP) is 1.09. The first-order valence-corrected chi connectivity index (χ1v) is 6.27. The Bertz CT molecular complexity index is 638. The minimum absolute atomic E-state index is 0.0665. The van der Waals surface area contributed by atoms with E-state index in [2.05, 4.69) is 5.10 Å². The molecule has 0 amide bonds. The van der Waals surface area contributed by atoms with Gasteiger partial charge in [-0.1, -0.05) is 11.3 Å². The molecule has 0 bridgehead atoms. The Labute approximate surface area is 107 Å². The van der Waals surface area contributed by atoms with Gasteiger partial charge < -0.3 is 5.11 Å². The van der Waals surface area contributed by atoms with Gasteiger partial charge in [0.1, 0.15) is 0 Å². The Morgan fingerprint density at radius 3 is 2.83 bits per heavy atom. The molecule has 0 saturated carbocycles. The predicted molar refractivity (Wildman–Crippen MR) is 67.8 cm³/mol. The molecule has 2 rings (SSSR count). The van der Waals surface area contributed by atoms with Crippen LogP contribution in [0.15, 0.2) is 16.4 Å². The molecular formula is C11H13N3O3S. The summed E-state index contributed by atoms with van der Waals surface area (Å²) in [5, 5.41) is 14.7. The minimum Gasteiger partial charge on any atom is -0.481 e. The van der Waals surface area contributed by atoms with Crippen molar-refractivity contribution in [2.24, 2.45) is 7.05 Å². The fourth-order valence-electron chi connectivity index (χ4n) is 1.81. The zero-order chi connectivity index (χ0) is 13.3. The second-order valence-electron chi connectivity index (χ2n) is 3.98. The number of aromatic nitrogens is 3. The first-order valence-electron chi connectivity index (χ1n) is 5.40. The van der Waals surface area contributed by atoms with Crippen LogP contribution in [-0.4, -0.2) is 25.4 Å². The lowest BCUT2D eigenvalue weighted by atomic mass is 10.2. The van der Waals surface area contributed by atoms with Crippen molar-refractivity contribution in [1.29, 1.82) is 0 Å². The van der Waals surface area contributed by atoms with E-state index >= 15 is 0 Å². The zero-order valence-electron chi connectivity index (χ0n) is 10.1. The number of nitrogens with zero attached hydrogens (tertiary/aromatic N) is 3.